The third-order valence-electron chi connectivity index (χ3n) is 4.49. The van der Waals surface area contributed by atoms with Crippen molar-refractivity contribution in [1.82, 2.24) is 9.55 Å². The van der Waals surface area contributed by atoms with Gasteiger partial charge in [0, 0.05) is 12.5 Å². The van der Waals surface area contributed by atoms with E-state index in [1.165, 1.54) is 0 Å². The van der Waals surface area contributed by atoms with Crippen molar-refractivity contribution in [3.63, 3.8) is 0 Å². The molecule has 1 aliphatic heterocycles. The lowest BCUT2D eigenvalue weighted by atomic mass is 10.1. The Hall–Kier alpha value is -1.88. The molecule has 3 rings (SSSR count). The Morgan fingerprint density at radius 1 is 1.55 bits per heavy atom. The molecule has 118 valence electrons. The molecule has 5 nitrogen and oxygen atoms in total. The first-order chi connectivity index (χ1) is 10.6. The Kier molecular flexibility index (Phi) is 4.16. The van der Waals surface area contributed by atoms with E-state index < -0.39 is 5.97 Å². The lowest BCUT2D eigenvalue weighted by Crippen LogP contribution is -2.18. The zero-order valence-corrected chi connectivity index (χ0v) is 13.1. The van der Waals surface area contributed by atoms with Gasteiger partial charge in [-0.15, -0.1) is 0 Å². The van der Waals surface area contributed by atoms with Gasteiger partial charge in [-0.3, -0.25) is 0 Å². The summed E-state index contributed by atoms with van der Waals surface area (Å²) < 4.78 is 7.98. The van der Waals surface area contributed by atoms with Gasteiger partial charge in [-0.05, 0) is 37.5 Å². The van der Waals surface area contributed by atoms with Gasteiger partial charge in [0.2, 0.25) is 0 Å². The maximum Gasteiger partial charge on any atom is 0.335 e. The summed E-state index contributed by atoms with van der Waals surface area (Å²) in [5, 5.41) is 9.15. The summed E-state index contributed by atoms with van der Waals surface area (Å²) in [5.74, 6) is 0.443. The molecule has 2 unspecified atom stereocenters. The minimum Gasteiger partial charge on any atom is -0.478 e. The Morgan fingerprint density at radius 2 is 2.36 bits per heavy atom. The molecule has 1 aromatic carbocycles. The second-order valence-electron chi connectivity index (χ2n) is 6.03. The lowest BCUT2D eigenvalue weighted by molar-refractivity contribution is 0.0697. The smallest absolute Gasteiger partial charge is 0.335 e. The third-order valence-corrected chi connectivity index (χ3v) is 4.49. The van der Waals surface area contributed by atoms with Gasteiger partial charge < -0.3 is 14.4 Å². The zero-order chi connectivity index (χ0) is 15.7. The standard InChI is InChI=1S/C17H22N2O3/c1-3-11(2)16-18-14-9-12(17(20)21)6-7-15(14)19(16)10-13-5-4-8-22-13/h6-7,9,11,13H,3-5,8,10H2,1-2H3,(H,20,21). The summed E-state index contributed by atoms with van der Waals surface area (Å²) >= 11 is 0. The quantitative estimate of drug-likeness (QED) is 0.919. The number of carboxylic acids is 1. The van der Waals surface area contributed by atoms with Crippen LogP contribution in [0.25, 0.3) is 11.0 Å². The third kappa shape index (κ3) is 2.73. The number of rotatable bonds is 5. The molecule has 1 aromatic heterocycles. The summed E-state index contributed by atoms with van der Waals surface area (Å²) in [7, 11) is 0. The van der Waals surface area contributed by atoms with Crippen molar-refractivity contribution in [2.24, 2.45) is 0 Å². The second-order valence-corrected chi connectivity index (χ2v) is 6.03. The van der Waals surface area contributed by atoms with Crippen LogP contribution in [-0.2, 0) is 11.3 Å². The normalized spacial score (nSPS) is 19.6. The molecule has 22 heavy (non-hydrogen) atoms. The van der Waals surface area contributed by atoms with Gasteiger partial charge in [0.1, 0.15) is 5.82 Å². The van der Waals surface area contributed by atoms with Crippen LogP contribution in [0.3, 0.4) is 0 Å². The zero-order valence-electron chi connectivity index (χ0n) is 13.1. The molecule has 1 aliphatic rings. The molecule has 0 spiro atoms. The van der Waals surface area contributed by atoms with E-state index in [4.69, 9.17) is 14.8 Å². The highest BCUT2D eigenvalue weighted by atomic mass is 16.5. The van der Waals surface area contributed by atoms with Crippen molar-refractivity contribution < 1.29 is 14.6 Å². The predicted molar refractivity (Wildman–Crippen MR) is 84.4 cm³/mol. The largest absolute Gasteiger partial charge is 0.478 e. The molecular weight excluding hydrogens is 280 g/mol. The van der Waals surface area contributed by atoms with E-state index in [2.05, 4.69) is 18.4 Å². The molecule has 2 atom stereocenters. The number of imidazole rings is 1. The van der Waals surface area contributed by atoms with Gasteiger partial charge in [-0.25, -0.2) is 9.78 Å². The molecule has 0 bridgehead atoms. The Morgan fingerprint density at radius 3 is 3.00 bits per heavy atom. The molecule has 0 aliphatic carbocycles. The molecule has 1 fully saturated rings. The van der Waals surface area contributed by atoms with Crippen LogP contribution in [0.15, 0.2) is 18.2 Å². The van der Waals surface area contributed by atoms with E-state index >= 15 is 0 Å². The monoisotopic (exact) mass is 302 g/mol. The van der Waals surface area contributed by atoms with E-state index in [0.29, 0.717) is 5.92 Å². The highest BCUT2D eigenvalue weighted by Crippen LogP contribution is 2.27. The number of fused-ring (bicyclic) bond motifs is 1. The lowest BCUT2D eigenvalue weighted by Gasteiger charge is -2.16. The SMILES string of the molecule is CCC(C)c1nc2cc(C(=O)O)ccc2n1CC1CCCO1. The first kappa shape index (κ1) is 15.0. The molecule has 0 amide bonds. The van der Waals surface area contributed by atoms with Crippen LogP contribution in [0, 0.1) is 0 Å². The van der Waals surface area contributed by atoms with Crippen LogP contribution in [0.5, 0.6) is 0 Å². The minimum absolute atomic E-state index is 0.236. The van der Waals surface area contributed by atoms with Crippen molar-refractivity contribution in [2.45, 2.75) is 51.7 Å². The molecule has 0 saturated carbocycles. The van der Waals surface area contributed by atoms with Crippen molar-refractivity contribution in [1.29, 1.82) is 0 Å². The molecule has 2 aromatic rings. The van der Waals surface area contributed by atoms with E-state index in [-0.39, 0.29) is 11.7 Å². The number of aromatic nitrogens is 2. The van der Waals surface area contributed by atoms with E-state index in [1.807, 2.05) is 6.07 Å². The van der Waals surface area contributed by atoms with Crippen LogP contribution < -0.4 is 0 Å². The van der Waals surface area contributed by atoms with Crippen LogP contribution in [0.1, 0.15) is 55.2 Å². The summed E-state index contributed by atoms with van der Waals surface area (Å²) in [6.45, 7) is 5.93. The summed E-state index contributed by atoms with van der Waals surface area (Å²) in [4.78, 5) is 15.9. The first-order valence-electron chi connectivity index (χ1n) is 7.95. The molecule has 2 heterocycles. The van der Waals surface area contributed by atoms with Gasteiger partial charge in [0.15, 0.2) is 0 Å². The maximum absolute atomic E-state index is 11.2. The summed E-state index contributed by atoms with van der Waals surface area (Å²) in [5.41, 5.74) is 2.04. The Balaban J connectivity index is 2.06. The van der Waals surface area contributed by atoms with Crippen LogP contribution in [0.4, 0.5) is 0 Å². The highest BCUT2D eigenvalue weighted by Gasteiger charge is 2.22. The minimum atomic E-state index is -0.916. The van der Waals surface area contributed by atoms with Crippen LogP contribution in [-0.4, -0.2) is 33.3 Å². The first-order valence-corrected chi connectivity index (χ1v) is 7.95. The average molecular weight is 302 g/mol. The van der Waals surface area contributed by atoms with Gasteiger partial charge in [-0.1, -0.05) is 13.8 Å². The van der Waals surface area contributed by atoms with Crippen molar-refractivity contribution in [2.75, 3.05) is 6.61 Å². The van der Waals surface area contributed by atoms with Crippen LogP contribution in [0.2, 0.25) is 0 Å². The number of hydrogen-bond acceptors (Lipinski definition) is 3. The van der Waals surface area contributed by atoms with E-state index in [0.717, 1.165) is 49.3 Å². The van der Waals surface area contributed by atoms with E-state index in [1.54, 1.807) is 12.1 Å². The highest BCUT2D eigenvalue weighted by molar-refractivity contribution is 5.92. The number of carbonyl (C=O) groups is 1. The molecule has 5 heteroatoms. The van der Waals surface area contributed by atoms with E-state index in [9.17, 15) is 4.79 Å². The average Bonchev–Trinajstić information content (AvgIpc) is 3.14. The number of aromatic carboxylic acids is 1. The molecule has 0 radical (unpaired) electrons. The number of ether oxygens (including phenoxy) is 1. The second kappa shape index (κ2) is 6.08. The van der Waals surface area contributed by atoms with Crippen LogP contribution >= 0.6 is 0 Å². The fourth-order valence-electron chi connectivity index (χ4n) is 3.02. The molecule has 1 N–H and O–H groups in total. The van der Waals surface area contributed by atoms with Crippen molar-refractivity contribution in [3.05, 3.63) is 29.6 Å². The topological polar surface area (TPSA) is 64.3 Å². The summed E-state index contributed by atoms with van der Waals surface area (Å²) in [6.07, 6.45) is 3.42. The number of benzene rings is 1. The van der Waals surface area contributed by atoms with Gasteiger partial charge in [0.25, 0.3) is 0 Å². The number of carboxylic acid groups (broad SMARTS) is 1. The number of nitrogens with zero attached hydrogens (tertiary/aromatic N) is 2. The van der Waals surface area contributed by atoms with Gasteiger partial charge in [0.05, 0.1) is 29.2 Å². The fourth-order valence-corrected chi connectivity index (χ4v) is 3.02. The Bertz CT molecular complexity index is 687. The van der Waals surface area contributed by atoms with Gasteiger partial charge in [-0.2, -0.15) is 0 Å². The summed E-state index contributed by atoms with van der Waals surface area (Å²) in [6, 6.07) is 5.18. The fraction of sp³-hybridized carbons (Fsp3) is 0.529. The van der Waals surface area contributed by atoms with Gasteiger partial charge >= 0.3 is 5.97 Å². The Labute approximate surface area is 129 Å². The molecular formula is C17H22N2O3. The van der Waals surface area contributed by atoms with Crippen molar-refractivity contribution >= 4 is 17.0 Å². The maximum atomic E-state index is 11.2. The predicted octanol–water partition coefficient (Wildman–Crippen LogP) is 3.43. The van der Waals surface area contributed by atoms with Crippen molar-refractivity contribution in [3.8, 4) is 0 Å². The molecule has 1 saturated heterocycles. The number of hydrogen-bond donors (Lipinski definition) is 1.